The maximum Gasteiger partial charge on any atom is 3.00 e. The molecule has 0 saturated heterocycles. The second kappa shape index (κ2) is 13.1. The smallest absolute Gasteiger partial charge is 0.870 e. The summed E-state index contributed by atoms with van der Waals surface area (Å²) in [5.74, 6) is -0.312. The minimum atomic E-state index is -5.17. The van der Waals surface area contributed by atoms with Gasteiger partial charge in [-0.2, -0.15) is 0 Å². The van der Waals surface area contributed by atoms with E-state index in [-0.39, 0.29) is 51.3 Å². The zero-order chi connectivity index (χ0) is 12.1. The van der Waals surface area contributed by atoms with Crippen LogP contribution in [0.3, 0.4) is 0 Å². The number of furan rings is 1. The molecule has 0 amide bonds. The predicted molar refractivity (Wildman–Crippen MR) is 48.7 cm³/mol. The van der Waals surface area contributed by atoms with Gasteiger partial charge in [0.05, 0.1) is 6.26 Å². The second-order valence-electron chi connectivity index (χ2n) is 1.88. The number of phosphoric acid groups is 1. The van der Waals surface area contributed by atoms with E-state index in [0.29, 0.717) is 0 Å². The number of hydrogen-bond acceptors (Lipinski definition) is 10. The van der Waals surface area contributed by atoms with E-state index >= 15 is 0 Å². The van der Waals surface area contributed by atoms with Gasteiger partial charge in [0.2, 0.25) is 0 Å². The van der Waals surface area contributed by atoms with Crippen LogP contribution in [0.15, 0.2) is 22.8 Å². The Morgan fingerprint density at radius 1 is 1.26 bits per heavy atom. The Balaban J connectivity index is -0.0000000652. The minimum absolute atomic E-state index is 0. The van der Waals surface area contributed by atoms with Crippen molar-refractivity contribution in [3.8, 4) is 5.95 Å². The van der Waals surface area contributed by atoms with Gasteiger partial charge < -0.3 is 43.4 Å². The maximum absolute atomic E-state index is 9.89. The molecule has 11 nitrogen and oxygen atoms in total. The van der Waals surface area contributed by atoms with Crippen molar-refractivity contribution < 1.29 is 68.8 Å². The fraction of sp³-hybridized carbons (Fsp3) is 0. The average molecular weight is 376 g/mol. The Hall–Kier alpha value is 0.0719. The fourth-order valence-corrected chi connectivity index (χ4v) is 0.750. The van der Waals surface area contributed by atoms with E-state index in [1.54, 1.807) is 0 Å². The third-order valence-corrected chi connectivity index (χ3v) is 1.10. The zero-order valence-corrected chi connectivity index (χ0v) is 12.6. The van der Waals surface area contributed by atoms with Gasteiger partial charge in [-0.05, 0) is 6.07 Å². The van der Waals surface area contributed by atoms with Gasteiger partial charge >= 0.3 is 34.4 Å². The quantitative estimate of drug-likeness (QED) is 0.217. The third-order valence-electron chi connectivity index (χ3n) is 0.697. The van der Waals surface area contributed by atoms with Crippen molar-refractivity contribution in [2.24, 2.45) is 0 Å². The molecule has 1 aromatic heterocycles. The minimum Gasteiger partial charge on any atom is -0.870 e. The third kappa shape index (κ3) is 32.0. The summed E-state index contributed by atoms with van der Waals surface area (Å²) in [5.41, 5.74) is 0. The molecule has 1 aromatic rings. The molecule has 110 valence electrons. The van der Waals surface area contributed by atoms with Crippen molar-refractivity contribution in [1.29, 1.82) is 0 Å². The van der Waals surface area contributed by atoms with Crippen LogP contribution < -0.4 is 14.3 Å². The SMILES string of the molecule is O.O=P([O-])([O-])Oc1ccco1.O=S(=O)([O-])[O-].[Al+3].[Fe+2].[OH-]. The fourth-order valence-electron chi connectivity index (χ4n) is 0.426. The molecule has 1 rings (SSSR count). The van der Waals surface area contributed by atoms with Crippen LogP contribution >= 0.6 is 7.82 Å². The van der Waals surface area contributed by atoms with Crippen molar-refractivity contribution in [3.63, 3.8) is 0 Å². The molecule has 0 atom stereocenters. The van der Waals surface area contributed by atoms with E-state index in [1.807, 2.05) is 0 Å². The number of hydrogen-bond donors (Lipinski definition) is 0. The standard InChI is InChI=1S/C4H5O5P.Al.Fe.H2O4S.2H2O/c5-10(6,7)9-4-2-1-3-8-4;;;1-5(2,3)4;;/h1-3H,(H2,5,6,7);;;(H2,1,2,3,4);2*1H2/q;+3;+2;;;/p-5. The molecule has 0 spiro atoms. The molecule has 0 aromatic carbocycles. The Morgan fingerprint density at radius 2 is 1.63 bits per heavy atom. The van der Waals surface area contributed by atoms with Gasteiger partial charge in [0.25, 0.3) is 5.95 Å². The molecule has 0 aliphatic carbocycles. The zero-order valence-electron chi connectivity index (χ0n) is 8.64. The molecule has 3 N–H and O–H groups in total. The first-order valence-corrected chi connectivity index (χ1v) is 5.79. The van der Waals surface area contributed by atoms with Crippen LogP contribution in [0, 0.1) is 0 Å². The van der Waals surface area contributed by atoms with Crippen LogP contribution in [0.25, 0.3) is 0 Å². The molecule has 0 aliphatic heterocycles. The molecule has 0 unspecified atom stereocenters. The van der Waals surface area contributed by atoms with E-state index in [2.05, 4.69) is 8.94 Å². The number of phosphoric ester groups is 1. The van der Waals surface area contributed by atoms with Crippen molar-refractivity contribution in [1.82, 2.24) is 0 Å². The summed E-state index contributed by atoms with van der Waals surface area (Å²) in [4.78, 5) is 19.8. The molecule has 0 saturated carbocycles. The predicted octanol–water partition coefficient (Wildman–Crippen LogP) is -3.24. The van der Waals surface area contributed by atoms with Gasteiger partial charge in [0.1, 0.15) is 7.82 Å². The first-order chi connectivity index (χ1) is 6.58. The van der Waals surface area contributed by atoms with Crippen LogP contribution in [0.1, 0.15) is 0 Å². The Bertz CT molecular complexity index is 418. The summed E-state index contributed by atoms with van der Waals surface area (Å²) >= 11 is 0. The first-order valence-electron chi connectivity index (χ1n) is 3.00. The van der Waals surface area contributed by atoms with E-state index in [9.17, 15) is 14.4 Å². The summed E-state index contributed by atoms with van der Waals surface area (Å²) < 4.78 is 52.2. The van der Waals surface area contributed by atoms with E-state index in [1.165, 1.54) is 18.4 Å². The van der Waals surface area contributed by atoms with Crippen LogP contribution in [0.4, 0.5) is 0 Å². The largest absolute Gasteiger partial charge is 3.00 e. The Kier molecular flexibility index (Phi) is 21.6. The van der Waals surface area contributed by atoms with Gasteiger partial charge in [-0.15, -0.1) is 0 Å². The topological polar surface area (TPSA) is 227 Å². The molecule has 19 heavy (non-hydrogen) atoms. The molecule has 15 heteroatoms. The molecule has 0 fully saturated rings. The van der Waals surface area contributed by atoms with Crippen LogP contribution in [-0.4, -0.2) is 45.8 Å². The summed E-state index contributed by atoms with van der Waals surface area (Å²) in [6.45, 7) is 0. The van der Waals surface area contributed by atoms with Crippen molar-refractivity contribution in [3.05, 3.63) is 18.4 Å². The molecular formula is C4H6AlFeO11PS. The van der Waals surface area contributed by atoms with Gasteiger partial charge in [-0.25, -0.2) is 0 Å². The summed E-state index contributed by atoms with van der Waals surface area (Å²) in [6, 6.07) is 2.63. The van der Waals surface area contributed by atoms with Crippen LogP contribution in [0.2, 0.25) is 0 Å². The van der Waals surface area contributed by atoms with Crippen LogP contribution in [-0.2, 0) is 32.0 Å². The monoisotopic (exact) mass is 376 g/mol. The number of rotatable bonds is 2. The van der Waals surface area contributed by atoms with Crippen molar-refractivity contribution in [2.45, 2.75) is 0 Å². The van der Waals surface area contributed by atoms with Gasteiger partial charge in [-0.1, -0.05) is 0 Å². The maximum atomic E-state index is 9.89. The van der Waals surface area contributed by atoms with Crippen molar-refractivity contribution >= 4 is 35.6 Å². The van der Waals surface area contributed by atoms with Crippen molar-refractivity contribution in [2.75, 3.05) is 0 Å². The van der Waals surface area contributed by atoms with Gasteiger partial charge in [-0.3, -0.25) is 8.42 Å². The molecule has 0 bridgehead atoms. The summed E-state index contributed by atoms with van der Waals surface area (Å²) in [6.07, 6.45) is 1.20. The Morgan fingerprint density at radius 3 is 1.84 bits per heavy atom. The molecule has 0 aliphatic rings. The first kappa shape index (κ1) is 31.5. The molecular weight excluding hydrogens is 370 g/mol. The van der Waals surface area contributed by atoms with Gasteiger partial charge in [0, 0.05) is 16.5 Å². The van der Waals surface area contributed by atoms with Crippen LogP contribution in [0.5, 0.6) is 5.95 Å². The summed E-state index contributed by atoms with van der Waals surface area (Å²) in [7, 11) is -10.1. The normalized spacial score (nSPS) is 9.05. The van der Waals surface area contributed by atoms with E-state index in [4.69, 9.17) is 17.5 Å². The van der Waals surface area contributed by atoms with E-state index < -0.39 is 18.2 Å². The molecule has 0 radical (unpaired) electrons. The molecule has 1 heterocycles. The summed E-state index contributed by atoms with van der Waals surface area (Å²) in [5, 5.41) is 0. The second-order valence-corrected chi connectivity index (χ2v) is 3.77. The van der Waals surface area contributed by atoms with E-state index in [0.717, 1.165) is 0 Å². The average Bonchev–Trinajstić information content (AvgIpc) is 2.30. The van der Waals surface area contributed by atoms with Gasteiger partial charge in [0.15, 0.2) is 0 Å². The Labute approximate surface area is 129 Å².